The first-order valence-corrected chi connectivity index (χ1v) is 10.8. The van der Waals surface area contributed by atoms with E-state index in [1.54, 1.807) is 35.9 Å². The Hall–Kier alpha value is -2.79. The molecule has 2 heterocycles. The molecule has 0 aliphatic rings. The second-order valence-electron chi connectivity index (χ2n) is 6.27. The number of carbonyl (C=O) groups is 1. The van der Waals surface area contributed by atoms with Gasteiger partial charge in [-0.25, -0.2) is 13.8 Å². The van der Waals surface area contributed by atoms with E-state index in [0.29, 0.717) is 23.3 Å². The molecule has 1 atom stereocenters. The molecule has 0 aliphatic carbocycles. The van der Waals surface area contributed by atoms with E-state index >= 15 is 0 Å². The normalized spacial score (nSPS) is 11.7. The van der Waals surface area contributed by atoms with E-state index in [4.69, 9.17) is 4.74 Å². The van der Waals surface area contributed by atoms with Gasteiger partial charge in [0.15, 0.2) is 28.7 Å². The SMILES string of the molecule is C=CCn1c(SCC(=O)Nc2ccc(Br)cn2)nnc1C(C)Oc1ccc(F)cc1F. The zero-order valence-corrected chi connectivity index (χ0v) is 18.8. The molecule has 0 bridgehead atoms. The number of carbonyl (C=O) groups excluding carboxylic acids is 1. The predicted molar refractivity (Wildman–Crippen MR) is 117 cm³/mol. The Morgan fingerprint density at radius 3 is 2.84 bits per heavy atom. The maximum Gasteiger partial charge on any atom is 0.236 e. The molecular weight excluding hydrogens is 492 g/mol. The Kier molecular flexibility index (Phi) is 7.75. The van der Waals surface area contributed by atoms with Crippen molar-refractivity contribution in [1.29, 1.82) is 0 Å². The first-order chi connectivity index (χ1) is 14.9. The highest BCUT2D eigenvalue weighted by molar-refractivity contribution is 9.10. The van der Waals surface area contributed by atoms with Crippen molar-refractivity contribution in [1.82, 2.24) is 19.7 Å². The Balaban J connectivity index is 1.68. The van der Waals surface area contributed by atoms with Gasteiger partial charge in [-0.2, -0.15) is 0 Å². The summed E-state index contributed by atoms with van der Waals surface area (Å²) in [6.45, 7) is 5.76. The zero-order chi connectivity index (χ0) is 22.4. The number of halogens is 3. The second kappa shape index (κ2) is 10.5. The highest BCUT2D eigenvalue weighted by Gasteiger charge is 2.21. The molecule has 0 fully saturated rings. The summed E-state index contributed by atoms with van der Waals surface area (Å²) < 4.78 is 35.1. The number of amides is 1. The minimum absolute atomic E-state index is 0.0782. The Morgan fingerprint density at radius 2 is 2.16 bits per heavy atom. The van der Waals surface area contributed by atoms with Crippen molar-refractivity contribution in [3.63, 3.8) is 0 Å². The predicted octanol–water partition coefficient (Wildman–Crippen LogP) is 4.77. The van der Waals surface area contributed by atoms with Crippen molar-refractivity contribution in [3.8, 4) is 5.75 Å². The van der Waals surface area contributed by atoms with Gasteiger partial charge in [-0.3, -0.25) is 9.36 Å². The number of hydrogen-bond donors (Lipinski definition) is 1. The molecule has 3 rings (SSSR count). The van der Waals surface area contributed by atoms with Crippen molar-refractivity contribution in [3.05, 3.63) is 71.1 Å². The van der Waals surface area contributed by atoms with Crippen LogP contribution in [0.4, 0.5) is 14.6 Å². The van der Waals surface area contributed by atoms with Crippen LogP contribution in [0.2, 0.25) is 0 Å². The van der Waals surface area contributed by atoms with E-state index in [2.05, 4.69) is 43.0 Å². The average Bonchev–Trinajstić information content (AvgIpc) is 3.13. The number of hydrogen-bond acceptors (Lipinski definition) is 6. The Morgan fingerprint density at radius 1 is 1.35 bits per heavy atom. The van der Waals surface area contributed by atoms with Crippen LogP contribution in [0.5, 0.6) is 5.75 Å². The van der Waals surface area contributed by atoms with Gasteiger partial charge in [-0.1, -0.05) is 17.8 Å². The number of benzene rings is 1. The molecule has 0 spiro atoms. The van der Waals surface area contributed by atoms with Gasteiger partial charge < -0.3 is 10.1 Å². The van der Waals surface area contributed by atoms with Gasteiger partial charge in [-0.05, 0) is 47.1 Å². The summed E-state index contributed by atoms with van der Waals surface area (Å²) in [6.07, 6.45) is 2.55. The maximum atomic E-state index is 13.9. The van der Waals surface area contributed by atoms with Gasteiger partial charge in [-0.15, -0.1) is 16.8 Å². The summed E-state index contributed by atoms with van der Waals surface area (Å²) in [7, 11) is 0. The summed E-state index contributed by atoms with van der Waals surface area (Å²) in [6, 6.07) is 6.52. The van der Waals surface area contributed by atoms with Crippen LogP contribution in [0, 0.1) is 11.6 Å². The number of aromatic nitrogens is 4. The molecule has 11 heteroatoms. The third-order valence-electron chi connectivity index (χ3n) is 3.95. The van der Waals surface area contributed by atoms with Crippen LogP contribution < -0.4 is 10.1 Å². The van der Waals surface area contributed by atoms with Gasteiger partial charge in [0.25, 0.3) is 0 Å². The van der Waals surface area contributed by atoms with Crippen LogP contribution in [-0.4, -0.2) is 31.4 Å². The topological polar surface area (TPSA) is 81.9 Å². The summed E-state index contributed by atoms with van der Waals surface area (Å²) in [5, 5.41) is 11.4. The molecule has 0 radical (unpaired) electrons. The molecule has 0 saturated carbocycles. The summed E-state index contributed by atoms with van der Waals surface area (Å²) in [4.78, 5) is 16.3. The van der Waals surface area contributed by atoms with E-state index in [0.717, 1.165) is 16.6 Å². The van der Waals surface area contributed by atoms with Crippen molar-refractivity contribution in [2.24, 2.45) is 0 Å². The largest absolute Gasteiger partial charge is 0.480 e. The average molecular weight is 510 g/mol. The summed E-state index contributed by atoms with van der Waals surface area (Å²) in [5.41, 5.74) is 0. The fourth-order valence-electron chi connectivity index (χ4n) is 2.58. The second-order valence-corrected chi connectivity index (χ2v) is 8.13. The van der Waals surface area contributed by atoms with Crippen molar-refractivity contribution < 1.29 is 18.3 Å². The zero-order valence-electron chi connectivity index (χ0n) is 16.4. The molecule has 0 saturated heterocycles. The van der Waals surface area contributed by atoms with Gasteiger partial charge in [0, 0.05) is 23.3 Å². The number of ether oxygens (including phenoxy) is 1. The number of thioether (sulfide) groups is 1. The summed E-state index contributed by atoms with van der Waals surface area (Å²) >= 11 is 4.46. The number of nitrogens with zero attached hydrogens (tertiary/aromatic N) is 4. The Labute approximate surface area is 190 Å². The number of anilines is 1. The van der Waals surface area contributed by atoms with Gasteiger partial charge >= 0.3 is 0 Å². The lowest BCUT2D eigenvalue weighted by Gasteiger charge is -2.16. The van der Waals surface area contributed by atoms with Gasteiger partial charge in [0.1, 0.15) is 11.6 Å². The number of pyridine rings is 1. The molecule has 1 unspecified atom stereocenters. The van der Waals surface area contributed by atoms with Crippen molar-refractivity contribution in [2.75, 3.05) is 11.1 Å². The third-order valence-corrected chi connectivity index (χ3v) is 5.38. The Bertz CT molecular complexity index is 1080. The molecular formula is C20H18BrF2N5O2S. The van der Waals surface area contributed by atoms with Gasteiger partial charge in [0.05, 0.1) is 5.75 Å². The van der Waals surface area contributed by atoms with Crippen LogP contribution >= 0.6 is 27.7 Å². The highest BCUT2D eigenvalue weighted by Crippen LogP contribution is 2.27. The van der Waals surface area contributed by atoms with E-state index in [1.807, 2.05) is 0 Å². The molecule has 162 valence electrons. The first kappa shape index (κ1) is 22.9. The molecule has 7 nitrogen and oxygen atoms in total. The highest BCUT2D eigenvalue weighted by atomic mass is 79.9. The molecule has 31 heavy (non-hydrogen) atoms. The molecule has 1 amide bonds. The third kappa shape index (κ3) is 6.11. The monoisotopic (exact) mass is 509 g/mol. The molecule has 1 aromatic carbocycles. The number of rotatable bonds is 9. The molecule has 2 aromatic heterocycles. The van der Waals surface area contributed by atoms with Crippen LogP contribution in [0.1, 0.15) is 18.9 Å². The van der Waals surface area contributed by atoms with E-state index in [-0.39, 0.29) is 17.4 Å². The van der Waals surface area contributed by atoms with Crippen LogP contribution in [0.25, 0.3) is 0 Å². The minimum atomic E-state index is -0.811. The van der Waals surface area contributed by atoms with E-state index < -0.39 is 17.7 Å². The lowest BCUT2D eigenvalue weighted by molar-refractivity contribution is -0.113. The lowest BCUT2D eigenvalue weighted by atomic mass is 10.3. The number of nitrogens with one attached hydrogen (secondary N) is 1. The van der Waals surface area contributed by atoms with E-state index in [1.165, 1.54) is 17.8 Å². The van der Waals surface area contributed by atoms with Crippen LogP contribution in [0.3, 0.4) is 0 Å². The van der Waals surface area contributed by atoms with Gasteiger partial charge in [0.2, 0.25) is 5.91 Å². The summed E-state index contributed by atoms with van der Waals surface area (Å²) in [5.74, 6) is -0.928. The smallest absolute Gasteiger partial charge is 0.236 e. The van der Waals surface area contributed by atoms with Crippen molar-refractivity contribution >= 4 is 39.4 Å². The standard InChI is InChI=1S/C20H18BrF2N5O2S/c1-3-8-28-19(12(2)30-16-6-5-14(22)9-15(16)23)26-27-20(28)31-11-18(29)25-17-7-4-13(21)10-24-17/h3-7,9-10,12H,1,8,11H2,2H3,(H,24,25,29). The maximum absolute atomic E-state index is 13.9. The fourth-order valence-corrected chi connectivity index (χ4v) is 3.57. The van der Waals surface area contributed by atoms with Crippen LogP contribution in [-0.2, 0) is 11.3 Å². The molecule has 0 aliphatic heterocycles. The molecule has 3 aromatic rings. The fraction of sp³-hybridized carbons (Fsp3) is 0.200. The van der Waals surface area contributed by atoms with Crippen molar-refractivity contribution in [2.45, 2.75) is 24.7 Å². The minimum Gasteiger partial charge on any atom is -0.480 e. The lowest BCUT2D eigenvalue weighted by Crippen LogP contribution is -2.16. The first-order valence-electron chi connectivity index (χ1n) is 9.07. The van der Waals surface area contributed by atoms with E-state index in [9.17, 15) is 13.6 Å². The van der Waals surface area contributed by atoms with Crippen LogP contribution in [0.15, 0.2) is 58.8 Å². The quantitative estimate of drug-likeness (QED) is 0.330. The number of allylic oxidation sites excluding steroid dienone is 1. The molecule has 1 N–H and O–H groups in total.